The molecule has 2 aromatic rings. The number of esters is 2. The lowest BCUT2D eigenvalue weighted by Gasteiger charge is -2.14. The molecule has 1 heterocycles. The summed E-state index contributed by atoms with van der Waals surface area (Å²) in [5, 5.41) is 2.61. The van der Waals surface area contributed by atoms with Crippen molar-refractivity contribution >= 4 is 29.3 Å². The molecule has 29 heavy (non-hydrogen) atoms. The quantitative estimate of drug-likeness (QED) is 0.545. The van der Waals surface area contributed by atoms with Gasteiger partial charge in [-0.25, -0.2) is 9.59 Å². The number of anilines is 1. The lowest BCUT2D eigenvalue weighted by Crippen LogP contribution is -2.30. The van der Waals surface area contributed by atoms with Gasteiger partial charge in [-0.1, -0.05) is 12.1 Å². The van der Waals surface area contributed by atoms with Gasteiger partial charge in [-0.05, 0) is 52.3 Å². The molecule has 0 radical (unpaired) electrons. The van der Waals surface area contributed by atoms with Gasteiger partial charge in [0.15, 0.2) is 11.9 Å². The molecule has 1 aromatic carbocycles. The number of H-pyrrole nitrogens is 1. The van der Waals surface area contributed by atoms with Gasteiger partial charge in [0.2, 0.25) is 0 Å². The molecule has 0 saturated carbocycles. The Kier molecular flexibility index (Phi) is 6.93. The first-order valence-corrected chi connectivity index (χ1v) is 9.14. The summed E-state index contributed by atoms with van der Waals surface area (Å²) in [6, 6.07) is 6.46. The standard InChI is InChI=1S/C21H24N2O6/c1-6-28-21(27)18-11(2)17(12(3)22-18)20(26)29-14(5)19(25)23-16-9-7-8-15(10-16)13(4)24/h7-10,14,22H,6H2,1-5H3,(H,23,25). The first kappa shape index (κ1) is 21.9. The van der Waals surface area contributed by atoms with E-state index < -0.39 is 23.9 Å². The van der Waals surface area contributed by atoms with Gasteiger partial charge in [0.05, 0.1) is 12.2 Å². The summed E-state index contributed by atoms with van der Waals surface area (Å²) in [6.07, 6.45) is -1.09. The fraction of sp³-hybridized carbons (Fsp3) is 0.333. The molecule has 1 amide bonds. The van der Waals surface area contributed by atoms with Gasteiger partial charge in [-0.3, -0.25) is 9.59 Å². The van der Waals surface area contributed by atoms with E-state index in [0.717, 1.165) is 0 Å². The van der Waals surface area contributed by atoms with Crippen LogP contribution in [0.2, 0.25) is 0 Å². The normalized spacial score (nSPS) is 11.5. The van der Waals surface area contributed by atoms with Gasteiger partial charge in [0, 0.05) is 16.9 Å². The number of ether oxygens (including phenoxy) is 2. The summed E-state index contributed by atoms with van der Waals surface area (Å²) >= 11 is 0. The fourth-order valence-electron chi connectivity index (χ4n) is 2.80. The maximum Gasteiger partial charge on any atom is 0.355 e. The Balaban J connectivity index is 2.10. The molecule has 0 spiro atoms. The minimum absolute atomic E-state index is 0.128. The Morgan fingerprint density at radius 1 is 1.14 bits per heavy atom. The highest BCUT2D eigenvalue weighted by Gasteiger charge is 2.26. The van der Waals surface area contributed by atoms with E-state index in [1.54, 1.807) is 45.0 Å². The molecule has 2 rings (SSSR count). The lowest BCUT2D eigenvalue weighted by atomic mass is 10.1. The molecule has 8 nitrogen and oxygen atoms in total. The van der Waals surface area contributed by atoms with E-state index in [9.17, 15) is 19.2 Å². The van der Waals surface area contributed by atoms with Crippen LogP contribution in [-0.4, -0.2) is 41.3 Å². The monoisotopic (exact) mass is 400 g/mol. The Morgan fingerprint density at radius 3 is 2.45 bits per heavy atom. The van der Waals surface area contributed by atoms with E-state index >= 15 is 0 Å². The number of nitrogens with one attached hydrogen (secondary N) is 2. The maximum atomic E-state index is 12.6. The van der Waals surface area contributed by atoms with Crippen LogP contribution in [0.25, 0.3) is 0 Å². The summed E-state index contributed by atoms with van der Waals surface area (Å²) < 4.78 is 10.2. The van der Waals surface area contributed by atoms with E-state index in [1.165, 1.54) is 13.8 Å². The van der Waals surface area contributed by atoms with Gasteiger partial charge in [-0.15, -0.1) is 0 Å². The van der Waals surface area contributed by atoms with Crippen molar-refractivity contribution in [1.82, 2.24) is 4.98 Å². The Hall–Kier alpha value is -3.42. The van der Waals surface area contributed by atoms with Crippen LogP contribution < -0.4 is 5.32 Å². The number of Topliss-reactive ketones (excluding diaryl/α,β-unsaturated/α-hetero) is 1. The molecule has 8 heteroatoms. The molecular weight excluding hydrogens is 376 g/mol. The van der Waals surface area contributed by atoms with Gasteiger partial charge in [-0.2, -0.15) is 0 Å². The van der Waals surface area contributed by atoms with Crippen molar-refractivity contribution in [3.05, 3.63) is 52.3 Å². The van der Waals surface area contributed by atoms with Crippen LogP contribution >= 0.6 is 0 Å². The zero-order valence-corrected chi connectivity index (χ0v) is 17.0. The van der Waals surface area contributed by atoms with E-state index in [0.29, 0.717) is 22.5 Å². The van der Waals surface area contributed by atoms with Crippen LogP contribution in [-0.2, 0) is 14.3 Å². The second-order valence-electron chi connectivity index (χ2n) is 6.52. The van der Waals surface area contributed by atoms with E-state index in [4.69, 9.17) is 9.47 Å². The summed E-state index contributed by atoms with van der Waals surface area (Å²) in [5.41, 5.74) is 2.08. The highest BCUT2D eigenvalue weighted by atomic mass is 16.5. The van der Waals surface area contributed by atoms with Crippen LogP contribution in [0.4, 0.5) is 5.69 Å². The zero-order chi connectivity index (χ0) is 21.7. The second-order valence-corrected chi connectivity index (χ2v) is 6.52. The summed E-state index contributed by atoms with van der Waals surface area (Å²) in [5.74, 6) is -1.97. The van der Waals surface area contributed by atoms with Crippen molar-refractivity contribution in [2.24, 2.45) is 0 Å². The number of hydrogen-bond donors (Lipinski definition) is 2. The zero-order valence-electron chi connectivity index (χ0n) is 17.0. The van der Waals surface area contributed by atoms with Crippen molar-refractivity contribution in [2.45, 2.75) is 40.7 Å². The number of benzene rings is 1. The van der Waals surface area contributed by atoms with E-state index in [-0.39, 0.29) is 23.6 Å². The smallest absolute Gasteiger partial charge is 0.355 e. The molecular formula is C21H24N2O6. The third-order valence-electron chi connectivity index (χ3n) is 4.31. The number of carbonyl (C=O) groups excluding carboxylic acids is 4. The number of amides is 1. The third kappa shape index (κ3) is 5.10. The number of carbonyl (C=O) groups is 4. The Morgan fingerprint density at radius 2 is 1.83 bits per heavy atom. The number of hydrogen-bond acceptors (Lipinski definition) is 6. The van der Waals surface area contributed by atoms with Crippen LogP contribution in [0.3, 0.4) is 0 Å². The van der Waals surface area contributed by atoms with Crippen LogP contribution in [0, 0.1) is 13.8 Å². The molecule has 1 aromatic heterocycles. The summed E-state index contributed by atoms with van der Waals surface area (Å²) in [4.78, 5) is 51.2. The van der Waals surface area contributed by atoms with Gasteiger partial charge in [0.1, 0.15) is 5.69 Å². The average molecular weight is 400 g/mol. The molecule has 0 fully saturated rings. The van der Waals surface area contributed by atoms with Crippen molar-refractivity contribution in [1.29, 1.82) is 0 Å². The Labute approximate surface area is 168 Å². The number of rotatable bonds is 7. The van der Waals surface area contributed by atoms with E-state index in [1.807, 2.05) is 0 Å². The molecule has 1 atom stereocenters. The predicted molar refractivity (Wildman–Crippen MR) is 106 cm³/mol. The molecule has 1 unspecified atom stereocenters. The molecule has 0 bridgehead atoms. The fourth-order valence-corrected chi connectivity index (χ4v) is 2.80. The van der Waals surface area contributed by atoms with Crippen LogP contribution in [0.15, 0.2) is 24.3 Å². The Bertz CT molecular complexity index is 960. The molecule has 0 aliphatic carbocycles. The third-order valence-corrected chi connectivity index (χ3v) is 4.31. The average Bonchev–Trinajstić information content (AvgIpc) is 2.96. The van der Waals surface area contributed by atoms with Gasteiger partial charge in [0.25, 0.3) is 5.91 Å². The van der Waals surface area contributed by atoms with Crippen molar-refractivity contribution < 1.29 is 28.7 Å². The molecule has 2 N–H and O–H groups in total. The van der Waals surface area contributed by atoms with Crippen LogP contribution in [0.1, 0.15) is 63.2 Å². The minimum Gasteiger partial charge on any atom is -0.461 e. The molecule has 0 aliphatic heterocycles. The predicted octanol–water partition coefficient (Wildman–Crippen LogP) is 3.19. The summed E-state index contributed by atoms with van der Waals surface area (Å²) in [6.45, 7) is 7.99. The highest BCUT2D eigenvalue weighted by Crippen LogP contribution is 2.21. The number of aromatic nitrogens is 1. The van der Waals surface area contributed by atoms with Crippen molar-refractivity contribution in [3.8, 4) is 0 Å². The van der Waals surface area contributed by atoms with Gasteiger partial charge >= 0.3 is 11.9 Å². The topological polar surface area (TPSA) is 115 Å². The van der Waals surface area contributed by atoms with Gasteiger partial charge < -0.3 is 19.8 Å². The lowest BCUT2D eigenvalue weighted by molar-refractivity contribution is -0.123. The number of aryl methyl sites for hydroxylation is 1. The first-order chi connectivity index (χ1) is 13.6. The van der Waals surface area contributed by atoms with Crippen LogP contribution in [0.5, 0.6) is 0 Å². The second kappa shape index (κ2) is 9.18. The maximum absolute atomic E-state index is 12.6. The van der Waals surface area contributed by atoms with Crippen molar-refractivity contribution in [2.75, 3.05) is 11.9 Å². The number of aromatic amines is 1. The molecule has 0 saturated heterocycles. The largest absolute Gasteiger partial charge is 0.461 e. The van der Waals surface area contributed by atoms with Crippen molar-refractivity contribution in [3.63, 3.8) is 0 Å². The van der Waals surface area contributed by atoms with E-state index in [2.05, 4.69) is 10.3 Å². The highest BCUT2D eigenvalue weighted by molar-refractivity contribution is 6.01. The molecule has 0 aliphatic rings. The summed E-state index contributed by atoms with van der Waals surface area (Å²) in [7, 11) is 0. The SMILES string of the molecule is CCOC(=O)c1[nH]c(C)c(C(=O)OC(C)C(=O)Nc2cccc(C(C)=O)c2)c1C. The number of ketones is 1. The first-order valence-electron chi connectivity index (χ1n) is 9.14. The minimum atomic E-state index is -1.09. The molecule has 154 valence electrons.